The molecule has 0 radical (unpaired) electrons. The normalized spacial score (nSPS) is 11.1. The largest absolute Gasteiger partial charge is 0.478 e. The van der Waals surface area contributed by atoms with Gasteiger partial charge in [-0.05, 0) is 25.0 Å². The van der Waals surface area contributed by atoms with E-state index in [1.165, 1.54) is 16.7 Å². The lowest BCUT2D eigenvalue weighted by Gasteiger charge is -2.14. The number of aromatic carboxylic acids is 1. The van der Waals surface area contributed by atoms with Gasteiger partial charge in [0.15, 0.2) is 0 Å². The molecule has 0 spiro atoms. The molecular formula is C22H18N2O3S. The van der Waals surface area contributed by atoms with Gasteiger partial charge in [-0.2, -0.15) is 0 Å². The summed E-state index contributed by atoms with van der Waals surface area (Å²) >= 11 is 1.18. The highest BCUT2D eigenvalue weighted by Gasteiger charge is 2.20. The average Bonchev–Trinajstić information content (AvgIpc) is 3.11. The summed E-state index contributed by atoms with van der Waals surface area (Å²) in [6.07, 6.45) is 0. The van der Waals surface area contributed by atoms with E-state index in [2.05, 4.69) is 4.98 Å². The van der Waals surface area contributed by atoms with Crippen LogP contribution in [0.15, 0.2) is 58.7 Å². The Labute approximate surface area is 165 Å². The lowest BCUT2D eigenvalue weighted by Crippen LogP contribution is -2.25. The van der Waals surface area contributed by atoms with E-state index in [9.17, 15) is 14.7 Å². The van der Waals surface area contributed by atoms with Crippen molar-refractivity contribution in [1.82, 2.24) is 9.55 Å². The summed E-state index contributed by atoms with van der Waals surface area (Å²) in [7, 11) is 0. The van der Waals surface area contributed by atoms with E-state index < -0.39 is 5.97 Å². The smallest absolute Gasteiger partial charge is 0.337 e. The van der Waals surface area contributed by atoms with E-state index in [-0.39, 0.29) is 16.5 Å². The summed E-state index contributed by atoms with van der Waals surface area (Å²) in [5.74, 6) is -0.574. The van der Waals surface area contributed by atoms with Gasteiger partial charge in [-0.25, -0.2) is 9.78 Å². The lowest BCUT2D eigenvalue weighted by molar-refractivity contribution is 0.0699. The van der Waals surface area contributed by atoms with Crippen molar-refractivity contribution in [2.24, 2.45) is 0 Å². The average molecular weight is 390 g/mol. The van der Waals surface area contributed by atoms with Crippen LogP contribution in [0.1, 0.15) is 27.0 Å². The molecule has 0 amide bonds. The van der Waals surface area contributed by atoms with Crippen LogP contribution >= 0.6 is 11.3 Å². The van der Waals surface area contributed by atoms with Crippen molar-refractivity contribution in [2.75, 3.05) is 0 Å². The number of hydrogen-bond donors (Lipinski definition) is 1. The standard InChI is InChI=1S/C22H18N2O3S/c1-13-7-9-15(10-8-13)19-23-20-18(17(12-28-20)22(26)27)21(25)24(19)11-16-6-4-3-5-14(16)2/h3-10,12H,11H2,1-2H3,(H,26,27). The Morgan fingerprint density at radius 2 is 1.82 bits per heavy atom. The first-order valence-corrected chi connectivity index (χ1v) is 9.70. The zero-order valence-corrected chi connectivity index (χ0v) is 16.3. The van der Waals surface area contributed by atoms with Crippen molar-refractivity contribution in [3.8, 4) is 11.4 Å². The van der Waals surface area contributed by atoms with Gasteiger partial charge in [-0.15, -0.1) is 11.3 Å². The number of benzene rings is 2. The topological polar surface area (TPSA) is 72.2 Å². The molecule has 0 aliphatic carbocycles. The predicted molar refractivity (Wildman–Crippen MR) is 111 cm³/mol. The molecule has 0 unspecified atom stereocenters. The summed E-state index contributed by atoms with van der Waals surface area (Å²) in [5.41, 5.74) is 3.67. The number of hydrogen-bond acceptors (Lipinski definition) is 4. The molecular weight excluding hydrogens is 372 g/mol. The van der Waals surface area contributed by atoms with E-state index in [1.54, 1.807) is 4.57 Å². The molecule has 4 aromatic rings. The summed E-state index contributed by atoms with van der Waals surface area (Å²) in [5, 5.41) is 11.1. The lowest BCUT2D eigenvalue weighted by atomic mass is 10.1. The molecule has 4 rings (SSSR count). The number of aromatic nitrogens is 2. The maximum Gasteiger partial charge on any atom is 0.337 e. The SMILES string of the molecule is Cc1ccc(-c2nc3scc(C(=O)O)c3c(=O)n2Cc2ccccc2C)cc1. The van der Waals surface area contributed by atoms with E-state index >= 15 is 0 Å². The van der Waals surface area contributed by atoms with Gasteiger partial charge in [0.2, 0.25) is 0 Å². The number of thiophene rings is 1. The molecule has 0 fully saturated rings. The second kappa shape index (κ2) is 7.05. The molecule has 5 nitrogen and oxygen atoms in total. The molecule has 2 heterocycles. The molecule has 1 N–H and O–H groups in total. The molecule has 2 aromatic carbocycles. The minimum atomic E-state index is -1.12. The van der Waals surface area contributed by atoms with Crippen LogP contribution in [0, 0.1) is 13.8 Å². The minimum Gasteiger partial charge on any atom is -0.478 e. The number of carbonyl (C=O) groups is 1. The highest BCUT2D eigenvalue weighted by molar-refractivity contribution is 7.17. The van der Waals surface area contributed by atoms with Crippen molar-refractivity contribution in [3.63, 3.8) is 0 Å². The van der Waals surface area contributed by atoms with E-state index in [4.69, 9.17) is 0 Å². The van der Waals surface area contributed by atoms with E-state index in [0.717, 1.165) is 22.3 Å². The van der Waals surface area contributed by atoms with Crippen molar-refractivity contribution < 1.29 is 9.90 Å². The molecule has 0 saturated heterocycles. The Balaban J connectivity index is 2.01. The first-order valence-electron chi connectivity index (χ1n) is 8.82. The van der Waals surface area contributed by atoms with Crippen molar-refractivity contribution in [2.45, 2.75) is 20.4 Å². The van der Waals surface area contributed by atoms with Gasteiger partial charge < -0.3 is 5.11 Å². The molecule has 0 bridgehead atoms. The number of aryl methyl sites for hydroxylation is 2. The number of carboxylic acids is 1. The van der Waals surface area contributed by atoms with Gasteiger partial charge in [0.05, 0.1) is 17.5 Å². The minimum absolute atomic E-state index is 0.00601. The van der Waals surface area contributed by atoms with Gasteiger partial charge in [0.25, 0.3) is 5.56 Å². The fraction of sp³-hybridized carbons (Fsp3) is 0.136. The second-order valence-electron chi connectivity index (χ2n) is 6.75. The van der Waals surface area contributed by atoms with Gasteiger partial charge in [0, 0.05) is 10.9 Å². The van der Waals surface area contributed by atoms with Gasteiger partial charge in [0.1, 0.15) is 10.7 Å². The molecule has 0 saturated carbocycles. The number of fused-ring (bicyclic) bond motifs is 1. The van der Waals surface area contributed by atoms with Crippen LogP contribution in [0.25, 0.3) is 21.6 Å². The monoisotopic (exact) mass is 390 g/mol. The summed E-state index contributed by atoms with van der Waals surface area (Å²) in [4.78, 5) is 30.1. The van der Waals surface area contributed by atoms with E-state index in [0.29, 0.717) is 17.2 Å². The Hall–Kier alpha value is -3.25. The summed E-state index contributed by atoms with van der Waals surface area (Å²) in [6.45, 7) is 4.32. The van der Waals surface area contributed by atoms with Crippen LogP contribution in [0.2, 0.25) is 0 Å². The number of nitrogens with zero attached hydrogens (tertiary/aromatic N) is 2. The molecule has 0 aliphatic heterocycles. The Kier molecular flexibility index (Phi) is 4.57. The Morgan fingerprint density at radius 1 is 1.11 bits per heavy atom. The summed E-state index contributed by atoms with van der Waals surface area (Å²) < 4.78 is 1.58. The van der Waals surface area contributed by atoms with Crippen LogP contribution < -0.4 is 5.56 Å². The Bertz CT molecular complexity index is 1250. The van der Waals surface area contributed by atoms with Crippen LogP contribution in [-0.4, -0.2) is 20.6 Å². The second-order valence-corrected chi connectivity index (χ2v) is 7.61. The van der Waals surface area contributed by atoms with E-state index in [1.807, 2.05) is 62.4 Å². The quantitative estimate of drug-likeness (QED) is 0.557. The number of rotatable bonds is 4. The van der Waals surface area contributed by atoms with Crippen molar-refractivity contribution in [3.05, 3.63) is 86.5 Å². The van der Waals surface area contributed by atoms with Gasteiger partial charge in [-0.3, -0.25) is 9.36 Å². The van der Waals surface area contributed by atoms with Crippen LogP contribution in [0.4, 0.5) is 0 Å². The molecule has 2 aromatic heterocycles. The number of carboxylic acid groups (broad SMARTS) is 1. The molecule has 28 heavy (non-hydrogen) atoms. The zero-order valence-electron chi connectivity index (χ0n) is 15.5. The molecule has 0 aliphatic rings. The highest BCUT2D eigenvalue weighted by Crippen LogP contribution is 2.26. The third-order valence-electron chi connectivity index (χ3n) is 4.82. The van der Waals surface area contributed by atoms with Crippen LogP contribution in [-0.2, 0) is 6.54 Å². The molecule has 6 heteroatoms. The van der Waals surface area contributed by atoms with Crippen LogP contribution in [0.3, 0.4) is 0 Å². The van der Waals surface area contributed by atoms with Gasteiger partial charge in [-0.1, -0.05) is 54.1 Å². The fourth-order valence-corrected chi connectivity index (χ4v) is 4.11. The molecule has 0 atom stereocenters. The first-order chi connectivity index (χ1) is 13.5. The van der Waals surface area contributed by atoms with Crippen molar-refractivity contribution in [1.29, 1.82) is 0 Å². The first kappa shape index (κ1) is 18.1. The zero-order chi connectivity index (χ0) is 19.8. The summed E-state index contributed by atoms with van der Waals surface area (Å²) in [6, 6.07) is 15.7. The fourth-order valence-electron chi connectivity index (χ4n) is 3.21. The predicted octanol–water partition coefficient (Wildman–Crippen LogP) is 4.49. The maximum atomic E-state index is 13.4. The highest BCUT2D eigenvalue weighted by atomic mass is 32.1. The van der Waals surface area contributed by atoms with Crippen LogP contribution in [0.5, 0.6) is 0 Å². The third kappa shape index (κ3) is 3.12. The van der Waals surface area contributed by atoms with Crippen molar-refractivity contribution >= 4 is 27.5 Å². The Morgan fingerprint density at radius 3 is 2.50 bits per heavy atom. The molecule has 140 valence electrons. The van der Waals surface area contributed by atoms with Gasteiger partial charge >= 0.3 is 5.97 Å². The third-order valence-corrected chi connectivity index (χ3v) is 5.70. The maximum absolute atomic E-state index is 13.4.